The van der Waals surface area contributed by atoms with E-state index < -0.39 is 11.9 Å². The van der Waals surface area contributed by atoms with E-state index in [0.717, 1.165) is 6.42 Å². The lowest BCUT2D eigenvalue weighted by Crippen LogP contribution is -2.46. The lowest BCUT2D eigenvalue weighted by atomic mass is 10.2. The molecular formula is C18H26Cl2N4O3. The van der Waals surface area contributed by atoms with Crippen LogP contribution in [-0.4, -0.2) is 48.9 Å². The van der Waals surface area contributed by atoms with Crippen LogP contribution in [0.1, 0.15) is 27.2 Å². The standard InChI is InChI=1S/C18H26Cl2N4O3/c1-4-7-24(11-17(26)23-18(27)21-9-12(2)3)10-16(25)22-15-6-5-13(19)8-14(15)20/h5-6,8,12H,4,7,9-11H2,1-3H3,(H,22,25)(H2,21,23,26,27). The van der Waals surface area contributed by atoms with Crippen LogP contribution in [0, 0.1) is 5.92 Å². The van der Waals surface area contributed by atoms with Crippen LogP contribution in [-0.2, 0) is 9.59 Å². The van der Waals surface area contributed by atoms with Crippen LogP contribution in [0.3, 0.4) is 0 Å². The van der Waals surface area contributed by atoms with Gasteiger partial charge in [0.05, 0.1) is 23.8 Å². The minimum atomic E-state index is -0.539. The van der Waals surface area contributed by atoms with E-state index >= 15 is 0 Å². The summed E-state index contributed by atoms with van der Waals surface area (Å²) in [7, 11) is 0. The molecular weight excluding hydrogens is 391 g/mol. The van der Waals surface area contributed by atoms with Crippen LogP contribution >= 0.6 is 23.2 Å². The number of urea groups is 1. The molecule has 0 fully saturated rings. The fourth-order valence-corrected chi connectivity index (χ4v) is 2.68. The predicted molar refractivity (Wildman–Crippen MR) is 108 cm³/mol. The molecule has 0 radical (unpaired) electrons. The molecule has 0 aliphatic carbocycles. The third kappa shape index (κ3) is 9.60. The molecule has 0 aromatic heterocycles. The van der Waals surface area contributed by atoms with Gasteiger partial charge in [0, 0.05) is 11.6 Å². The van der Waals surface area contributed by atoms with Crippen molar-refractivity contribution in [3.8, 4) is 0 Å². The van der Waals surface area contributed by atoms with Crippen molar-refractivity contribution in [1.82, 2.24) is 15.5 Å². The average molecular weight is 417 g/mol. The maximum Gasteiger partial charge on any atom is 0.321 e. The second-order valence-corrected chi connectivity index (χ2v) is 7.38. The molecule has 4 amide bonds. The SMILES string of the molecule is CCCN(CC(=O)NC(=O)NCC(C)C)CC(=O)Nc1ccc(Cl)cc1Cl. The number of nitrogens with one attached hydrogen (secondary N) is 3. The van der Waals surface area contributed by atoms with E-state index in [1.165, 1.54) is 6.07 Å². The zero-order chi connectivity index (χ0) is 20.4. The van der Waals surface area contributed by atoms with Crippen molar-refractivity contribution >= 4 is 46.7 Å². The molecule has 0 saturated heterocycles. The first-order valence-electron chi connectivity index (χ1n) is 8.76. The highest BCUT2D eigenvalue weighted by atomic mass is 35.5. The second kappa shape index (κ2) is 11.8. The zero-order valence-corrected chi connectivity index (χ0v) is 17.3. The molecule has 3 N–H and O–H groups in total. The van der Waals surface area contributed by atoms with Crippen LogP contribution in [0.25, 0.3) is 0 Å². The van der Waals surface area contributed by atoms with Gasteiger partial charge in [0.2, 0.25) is 11.8 Å². The summed E-state index contributed by atoms with van der Waals surface area (Å²) in [5.74, 6) is -0.502. The van der Waals surface area contributed by atoms with Gasteiger partial charge in [-0.2, -0.15) is 0 Å². The summed E-state index contributed by atoms with van der Waals surface area (Å²) < 4.78 is 0. The van der Waals surface area contributed by atoms with Gasteiger partial charge in [0.25, 0.3) is 0 Å². The predicted octanol–water partition coefficient (Wildman–Crippen LogP) is 3.13. The molecule has 0 saturated carbocycles. The van der Waals surface area contributed by atoms with Crippen molar-refractivity contribution in [1.29, 1.82) is 0 Å². The van der Waals surface area contributed by atoms with E-state index in [9.17, 15) is 14.4 Å². The molecule has 1 rings (SSSR count). The minimum Gasteiger partial charge on any atom is -0.338 e. The Morgan fingerprint density at radius 1 is 1.11 bits per heavy atom. The van der Waals surface area contributed by atoms with E-state index in [1.54, 1.807) is 17.0 Å². The van der Waals surface area contributed by atoms with E-state index in [4.69, 9.17) is 23.2 Å². The van der Waals surface area contributed by atoms with Crippen molar-refractivity contribution in [2.45, 2.75) is 27.2 Å². The molecule has 1 aromatic carbocycles. The Hall–Kier alpha value is -1.83. The van der Waals surface area contributed by atoms with Crippen molar-refractivity contribution in [3.05, 3.63) is 28.2 Å². The third-order valence-corrected chi connectivity index (χ3v) is 3.95. The second-order valence-electron chi connectivity index (χ2n) is 6.54. The summed E-state index contributed by atoms with van der Waals surface area (Å²) in [5, 5.41) is 8.36. The van der Waals surface area contributed by atoms with Gasteiger partial charge in [0.1, 0.15) is 0 Å². The summed E-state index contributed by atoms with van der Waals surface area (Å²) in [6.07, 6.45) is 0.752. The van der Waals surface area contributed by atoms with Crippen molar-refractivity contribution in [2.75, 3.05) is 31.5 Å². The summed E-state index contributed by atoms with van der Waals surface area (Å²) in [6, 6.07) is 4.22. The molecule has 1 aromatic rings. The monoisotopic (exact) mass is 416 g/mol. The summed E-state index contributed by atoms with van der Waals surface area (Å²) in [4.78, 5) is 37.6. The van der Waals surface area contributed by atoms with Crippen LogP contribution in [0.2, 0.25) is 10.0 Å². The van der Waals surface area contributed by atoms with E-state index in [0.29, 0.717) is 28.8 Å². The largest absolute Gasteiger partial charge is 0.338 e. The smallest absolute Gasteiger partial charge is 0.321 e. The molecule has 0 bridgehead atoms. The van der Waals surface area contributed by atoms with Crippen molar-refractivity contribution in [3.63, 3.8) is 0 Å². The van der Waals surface area contributed by atoms with Crippen LogP contribution < -0.4 is 16.0 Å². The molecule has 0 unspecified atom stereocenters. The number of halogens is 2. The first-order valence-corrected chi connectivity index (χ1v) is 9.51. The summed E-state index contributed by atoms with van der Waals surface area (Å²) in [5.41, 5.74) is 0.444. The quantitative estimate of drug-likeness (QED) is 0.576. The number of carbonyl (C=O) groups excluding carboxylic acids is 3. The highest BCUT2D eigenvalue weighted by Crippen LogP contribution is 2.25. The Morgan fingerprint density at radius 3 is 2.37 bits per heavy atom. The fourth-order valence-electron chi connectivity index (χ4n) is 2.22. The summed E-state index contributed by atoms with van der Waals surface area (Å²) in [6.45, 7) is 6.78. The van der Waals surface area contributed by atoms with Gasteiger partial charge in [-0.15, -0.1) is 0 Å². The van der Waals surface area contributed by atoms with Crippen molar-refractivity contribution < 1.29 is 14.4 Å². The Balaban J connectivity index is 2.55. The van der Waals surface area contributed by atoms with Crippen molar-refractivity contribution in [2.24, 2.45) is 5.92 Å². The molecule has 0 atom stereocenters. The Labute approximate surface area is 169 Å². The highest BCUT2D eigenvalue weighted by molar-refractivity contribution is 6.36. The number of imide groups is 1. The highest BCUT2D eigenvalue weighted by Gasteiger charge is 2.16. The number of hydrogen-bond acceptors (Lipinski definition) is 4. The zero-order valence-electron chi connectivity index (χ0n) is 15.8. The van der Waals surface area contributed by atoms with E-state index in [-0.39, 0.29) is 24.9 Å². The van der Waals surface area contributed by atoms with E-state index in [2.05, 4.69) is 16.0 Å². The first kappa shape index (κ1) is 23.2. The van der Waals surface area contributed by atoms with E-state index in [1.807, 2.05) is 20.8 Å². The summed E-state index contributed by atoms with van der Waals surface area (Å²) >= 11 is 11.9. The molecule has 9 heteroatoms. The lowest BCUT2D eigenvalue weighted by Gasteiger charge is -2.20. The van der Waals surface area contributed by atoms with Gasteiger partial charge in [-0.25, -0.2) is 4.79 Å². The number of carbonyl (C=O) groups is 3. The van der Waals surface area contributed by atoms with Crippen LogP contribution in [0.5, 0.6) is 0 Å². The molecule has 0 aliphatic heterocycles. The average Bonchev–Trinajstić information content (AvgIpc) is 2.55. The maximum absolute atomic E-state index is 12.3. The minimum absolute atomic E-state index is 0.00612. The maximum atomic E-state index is 12.3. The van der Waals surface area contributed by atoms with Crippen LogP contribution in [0.15, 0.2) is 18.2 Å². The third-order valence-electron chi connectivity index (χ3n) is 3.40. The van der Waals surface area contributed by atoms with Gasteiger partial charge in [-0.05, 0) is 37.1 Å². The molecule has 0 spiro atoms. The number of benzene rings is 1. The molecule has 150 valence electrons. The Morgan fingerprint density at radius 2 is 1.78 bits per heavy atom. The number of hydrogen-bond donors (Lipinski definition) is 3. The van der Waals surface area contributed by atoms with Gasteiger partial charge >= 0.3 is 6.03 Å². The van der Waals surface area contributed by atoms with Gasteiger partial charge in [-0.1, -0.05) is 44.0 Å². The van der Waals surface area contributed by atoms with Gasteiger partial charge in [0.15, 0.2) is 0 Å². The van der Waals surface area contributed by atoms with Crippen LogP contribution in [0.4, 0.5) is 10.5 Å². The number of anilines is 1. The lowest BCUT2D eigenvalue weighted by molar-refractivity contribution is -0.122. The number of amides is 4. The Kier molecular flexibility index (Phi) is 10.1. The number of nitrogens with zero attached hydrogens (tertiary/aromatic N) is 1. The first-order chi connectivity index (χ1) is 12.7. The molecule has 0 aliphatic rings. The molecule has 27 heavy (non-hydrogen) atoms. The molecule has 0 heterocycles. The Bertz CT molecular complexity index is 668. The fraction of sp³-hybridized carbons (Fsp3) is 0.500. The molecule has 7 nitrogen and oxygen atoms in total. The topological polar surface area (TPSA) is 90.5 Å². The van der Waals surface area contributed by atoms with Gasteiger partial charge < -0.3 is 10.6 Å². The number of rotatable bonds is 9. The van der Waals surface area contributed by atoms with Gasteiger partial charge in [-0.3, -0.25) is 19.8 Å². The normalized spacial score (nSPS) is 10.8.